The Morgan fingerprint density at radius 2 is 1.58 bits per heavy atom. The normalized spacial score (nSPS) is 11.5. The van der Waals surface area contributed by atoms with Crippen molar-refractivity contribution in [1.29, 1.82) is 0 Å². The van der Waals surface area contributed by atoms with E-state index in [1.54, 1.807) is 10.9 Å². The third kappa shape index (κ3) is 2.60. The van der Waals surface area contributed by atoms with Crippen LogP contribution in [-0.2, 0) is 0 Å². The van der Waals surface area contributed by atoms with Crippen LogP contribution in [0.5, 0.6) is 0 Å². The number of nitrogens with one attached hydrogen (secondary N) is 1. The largest absolute Gasteiger partial charge is 0.306 e. The molecular weight excluding hydrogens is 384 g/mol. The molecule has 148 valence electrons. The average molecular weight is 402 g/mol. The Hall–Kier alpha value is -4.25. The molecule has 1 N–H and O–H groups in total. The molecule has 5 nitrogen and oxygen atoms in total. The summed E-state index contributed by atoms with van der Waals surface area (Å²) in [7, 11) is 0. The number of aromatic amines is 1. The molecule has 0 saturated carbocycles. The summed E-state index contributed by atoms with van der Waals surface area (Å²) in [6.45, 7) is 2.03. The van der Waals surface area contributed by atoms with E-state index < -0.39 is 0 Å². The summed E-state index contributed by atoms with van der Waals surface area (Å²) in [6.07, 6.45) is 1.79. The molecule has 0 aliphatic rings. The van der Waals surface area contributed by atoms with E-state index in [1.807, 2.05) is 85.8 Å². The first-order valence-electron chi connectivity index (χ1n) is 10.2. The van der Waals surface area contributed by atoms with Crippen LogP contribution in [0.1, 0.15) is 5.56 Å². The van der Waals surface area contributed by atoms with E-state index in [0.29, 0.717) is 16.6 Å². The van der Waals surface area contributed by atoms with Crippen LogP contribution in [0.15, 0.2) is 89.9 Å². The minimum atomic E-state index is -0.171. The van der Waals surface area contributed by atoms with Crippen molar-refractivity contribution in [2.24, 2.45) is 0 Å². The van der Waals surface area contributed by atoms with Crippen LogP contribution in [0, 0.1) is 6.92 Å². The van der Waals surface area contributed by atoms with Gasteiger partial charge in [0.05, 0.1) is 33.7 Å². The van der Waals surface area contributed by atoms with Crippen LogP contribution in [0.2, 0.25) is 0 Å². The number of rotatable bonds is 2. The number of nitrogens with zero attached hydrogens (tertiary/aromatic N) is 3. The van der Waals surface area contributed by atoms with Gasteiger partial charge in [-0.1, -0.05) is 66.7 Å². The zero-order valence-corrected chi connectivity index (χ0v) is 16.8. The van der Waals surface area contributed by atoms with E-state index >= 15 is 0 Å². The lowest BCUT2D eigenvalue weighted by Crippen LogP contribution is -2.11. The van der Waals surface area contributed by atoms with Crippen LogP contribution in [0.4, 0.5) is 0 Å². The minimum absolute atomic E-state index is 0.171. The van der Waals surface area contributed by atoms with Gasteiger partial charge in [-0.15, -0.1) is 0 Å². The predicted octanol–water partition coefficient (Wildman–Crippen LogP) is 5.39. The summed E-state index contributed by atoms with van der Waals surface area (Å²) in [5, 5.41) is 6.97. The summed E-state index contributed by atoms with van der Waals surface area (Å²) < 4.78 is 1.78. The molecule has 3 heterocycles. The Labute approximate surface area is 177 Å². The van der Waals surface area contributed by atoms with Crippen molar-refractivity contribution in [3.63, 3.8) is 0 Å². The second-order valence-electron chi connectivity index (χ2n) is 7.65. The van der Waals surface area contributed by atoms with Crippen LogP contribution in [0.3, 0.4) is 0 Å². The van der Waals surface area contributed by atoms with Crippen LogP contribution >= 0.6 is 0 Å². The number of H-pyrrole nitrogens is 1. The monoisotopic (exact) mass is 402 g/mol. The van der Waals surface area contributed by atoms with Crippen molar-refractivity contribution in [1.82, 2.24) is 19.7 Å². The van der Waals surface area contributed by atoms with Gasteiger partial charge >= 0.3 is 0 Å². The van der Waals surface area contributed by atoms with Crippen molar-refractivity contribution in [3.8, 4) is 16.8 Å². The summed E-state index contributed by atoms with van der Waals surface area (Å²) >= 11 is 0. The SMILES string of the molecule is Cc1ccccc1-n1ncc2c3nc4ccccc4c(-c4ccccc4)c3c(=O)[nH]c21. The zero-order chi connectivity index (χ0) is 20.9. The van der Waals surface area contributed by atoms with E-state index in [1.165, 1.54) is 0 Å². The molecule has 0 fully saturated rings. The minimum Gasteiger partial charge on any atom is -0.306 e. The average Bonchev–Trinajstić information content (AvgIpc) is 3.22. The highest BCUT2D eigenvalue weighted by atomic mass is 16.1. The Morgan fingerprint density at radius 3 is 2.42 bits per heavy atom. The lowest BCUT2D eigenvalue weighted by molar-refractivity contribution is 0.887. The van der Waals surface area contributed by atoms with Crippen molar-refractivity contribution in [3.05, 3.63) is 101 Å². The maximum Gasteiger partial charge on any atom is 0.259 e. The van der Waals surface area contributed by atoms with E-state index in [9.17, 15) is 4.79 Å². The van der Waals surface area contributed by atoms with E-state index in [-0.39, 0.29) is 5.56 Å². The van der Waals surface area contributed by atoms with E-state index in [2.05, 4.69) is 10.1 Å². The summed E-state index contributed by atoms with van der Waals surface area (Å²) in [4.78, 5) is 21.5. The van der Waals surface area contributed by atoms with Gasteiger partial charge in [-0.25, -0.2) is 9.67 Å². The second kappa shape index (κ2) is 6.64. The Morgan fingerprint density at radius 1 is 0.839 bits per heavy atom. The maximum atomic E-state index is 13.5. The topological polar surface area (TPSA) is 63.6 Å². The van der Waals surface area contributed by atoms with Crippen molar-refractivity contribution in [2.75, 3.05) is 0 Å². The van der Waals surface area contributed by atoms with E-state index in [0.717, 1.165) is 38.7 Å². The Kier molecular flexibility index (Phi) is 3.77. The first kappa shape index (κ1) is 17.6. The summed E-state index contributed by atoms with van der Waals surface area (Å²) in [5.74, 6) is 0. The van der Waals surface area contributed by atoms with Crippen molar-refractivity contribution in [2.45, 2.75) is 6.92 Å². The van der Waals surface area contributed by atoms with Crippen LogP contribution in [-0.4, -0.2) is 19.7 Å². The molecule has 0 radical (unpaired) electrons. The standard InChI is InChI=1S/C26H18N4O/c1-16-9-5-8-14-21(16)30-25-19(15-27-30)24-23(26(31)29-25)22(17-10-3-2-4-11-17)18-12-6-7-13-20(18)28-24/h2-15H,1H3,(H,29,31). The molecule has 0 aliphatic heterocycles. The second-order valence-corrected chi connectivity index (χ2v) is 7.65. The number of aryl methyl sites for hydroxylation is 1. The lowest BCUT2D eigenvalue weighted by atomic mass is 9.96. The van der Waals surface area contributed by atoms with Gasteiger partial charge < -0.3 is 4.98 Å². The maximum absolute atomic E-state index is 13.5. The number of hydrogen-bond acceptors (Lipinski definition) is 3. The van der Waals surface area contributed by atoms with Crippen molar-refractivity contribution >= 4 is 32.8 Å². The molecule has 0 amide bonds. The molecule has 0 saturated heterocycles. The highest BCUT2D eigenvalue weighted by Gasteiger charge is 2.19. The number of hydrogen-bond donors (Lipinski definition) is 1. The fourth-order valence-electron chi connectivity index (χ4n) is 4.33. The lowest BCUT2D eigenvalue weighted by Gasteiger charge is -2.12. The number of para-hydroxylation sites is 2. The highest BCUT2D eigenvalue weighted by Crippen LogP contribution is 2.35. The Bertz CT molecular complexity index is 1660. The summed E-state index contributed by atoms with van der Waals surface area (Å²) in [5.41, 5.74) is 5.88. The predicted molar refractivity (Wildman–Crippen MR) is 125 cm³/mol. The molecule has 5 heteroatoms. The number of aromatic nitrogens is 4. The molecule has 31 heavy (non-hydrogen) atoms. The van der Waals surface area contributed by atoms with E-state index in [4.69, 9.17) is 4.98 Å². The van der Waals surface area contributed by atoms with Gasteiger partial charge in [0.1, 0.15) is 5.65 Å². The van der Waals surface area contributed by atoms with Crippen LogP contribution in [0.25, 0.3) is 49.7 Å². The van der Waals surface area contributed by atoms with Gasteiger partial charge in [0.2, 0.25) is 0 Å². The molecule has 0 spiro atoms. The molecule has 0 unspecified atom stereocenters. The number of fused-ring (bicyclic) bond motifs is 4. The smallest absolute Gasteiger partial charge is 0.259 e. The molecule has 0 aliphatic carbocycles. The van der Waals surface area contributed by atoms with Gasteiger partial charge in [0, 0.05) is 10.9 Å². The third-order valence-corrected chi connectivity index (χ3v) is 5.78. The van der Waals surface area contributed by atoms with Gasteiger partial charge in [-0.3, -0.25) is 4.79 Å². The fraction of sp³-hybridized carbons (Fsp3) is 0.0385. The first-order valence-corrected chi connectivity index (χ1v) is 10.2. The van der Waals surface area contributed by atoms with Gasteiger partial charge in [-0.2, -0.15) is 5.10 Å². The number of pyridine rings is 2. The Balaban J connectivity index is 1.80. The van der Waals surface area contributed by atoms with Gasteiger partial charge in [0.25, 0.3) is 5.56 Å². The van der Waals surface area contributed by atoms with Gasteiger partial charge in [-0.05, 0) is 30.2 Å². The first-order chi connectivity index (χ1) is 15.2. The van der Waals surface area contributed by atoms with Crippen LogP contribution < -0.4 is 5.56 Å². The quantitative estimate of drug-likeness (QED) is 0.395. The molecular formula is C26H18N4O. The van der Waals surface area contributed by atoms with Gasteiger partial charge in [0.15, 0.2) is 0 Å². The molecule has 0 bridgehead atoms. The molecule has 0 atom stereocenters. The fourth-order valence-corrected chi connectivity index (χ4v) is 4.33. The zero-order valence-electron chi connectivity index (χ0n) is 16.8. The molecule has 6 aromatic rings. The summed E-state index contributed by atoms with van der Waals surface area (Å²) in [6, 6.07) is 25.9. The number of benzene rings is 3. The third-order valence-electron chi connectivity index (χ3n) is 5.78. The van der Waals surface area contributed by atoms with Crippen molar-refractivity contribution < 1.29 is 0 Å². The highest BCUT2D eigenvalue weighted by molar-refractivity contribution is 6.15. The molecule has 3 aromatic heterocycles. The molecule has 3 aromatic carbocycles. The molecule has 6 rings (SSSR count).